The maximum atomic E-state index is 6.50. The lowest BCUT2D eigenvalue weighted by Gasteiger charge is -2.42. The van der Waals surface area contributed by atoms with Gasteiger partial charge in [0.2, 0.25) is 0 Å². The molecule has 0 saturated carbocycles. The molecule has 2 aliphatic rings. The fourth-order valence-electron chi connectivity index (χ4n) is 2.94. The van der Waals surface area contributed by atoms with Crippen molar-refractivity contribution < 1.29 is 4.74 Å². The maximum absolute atomic E-state index is 6.50. The van der Waals surface area contributed by atoms with E-state index in [0.717, 1.165) is 19.3 Å². The Morgan fingerprint density at radius 3 is 2.47 bits per heavy atom. The fourth-order valence-corrected chi connectivity index (χ4v) is 2.94. The first-order valence-electron chi connectivity index (χ1n) is 7.22. The van der Waals surface area contributed by atoms with E-state index in [9.17, 15) is 0 Å². The van der Waals surface area contributed by atoms with Gasteiger partial charge in [-0.15, -0.1) is 0 Å². The van der Waals surface area contributed by atoms with E-state index < -0.39 is 0 Å². The van der Waals surface area contributed by atoms with E-state index in [0.29, 0.717) is 0 Å². The van der Waals surface area contributed by atoms with E-state index in [1.807, 2.05) is 0 Å². The largest absolute Gasteiger partial charge is 0.364 e. The molecule has 1 nitrogen and oxygen atoms in total. The Balaban J connectivity index is 2.28. The zero-order valence-electron chi connectivity index (χ0n) is 12.9. The van der Waals surface area contributed by atoms with Crippen molar-refractivity contribution in [2.24, 2.45) is 0 Å². The number of hydrogen-bond donors (Lipinski definition) is 0. The Morgan fingerprint density at radius 2 is 1.95 bits per heavy atom. The molecule has 2 rings (SSSR count). The zero-order valence-corrected chi connectivity index (χ0v) is 12.9. The smallest absolute Gasteiger partial charge is 0.0973 e. The molecule has 0 aliphatic heterocycles. The highest BCUT2D eigenvalue weighted by Gasteiger charge is 2.38. The molecule has 1 atom stereocenters. The van der Waals surface area contributed by atoms with Crippen molar-refractivity contribution >= 4 is 0 Å². The summed E-state index contributed by atoms with van der Waals surface area (Å²) < 4.78 is 6.50. The first-order valence-corrected chi connectivity index (χ1v) is 7.22. The third-order valence-corrected chi connectivity index (χ3v) is 3.76. The van der Waals surface area contributed by atoms with Gasteiger partial charge in [-0.05, 0) is 58.6 Å². The summed E-state index contributed by atoms with van der Waals surface area (Å²) in [6.45, 7) is 10.8. The second kappa shape index (κ2) is 5.13. The molecule has 0 aromatic rings. The molecule has 0 bridgehead atoms. The summed E-state index contributed by atoms with van der Waals surface area (Å²) in [5.74, 6) is 0. The van der Waals surface area contributed by atoms with Crippen LogP contribution in [0.3, 0.4) is 0 Å². The predicted octanol–water partition coefficient (Wildman–Crippen LogP) is 5.11. The maximum Gasteiger partial charge on any atom is 0.0973 e. The SMILES string of the molecule is CC1=CCC(CC2=CCC=C2)(OC(C)(C)C)C(C)=C1. The van der Waals surface area contributed by atoms with Crippen molar-refractivity contribution in [3.8, 4) is 0 Å². The number of ether oxygens (including phenoxy) is 1. The van der Waals surface area contributed by atoms with E-state index in [4.69, 9.17) is 4.74 Å². The van der Waals surface area contributed by atoms with E-state index in [2.05, 4.69) is 65.0 Å². The Hall–Kier alpha value is -1.08. The van der Waals surface area contributed by atoms with Crippen LogP contribution in [0, 0.1) is 0 Å². The first-order chi connectivity index (χ1) is 8.81. The average molecular weight is 258 g/mol. The van der Waals surface area contributed by atoms with Crippen LogP contribution in [0.4, 0.5) is 0 Å². The van der Waals surface area contributed by atoms with Gasteiger partial charge in [-0.25, -0.2) is 0 Å². The van der Waals surface area contributed by atoms with Gasteiger partial charge in [0.15, 0.2) is 0 Å². The Kier molecular flexibility index (Phi) is 3.87. The van der Waals surface area contributed by atoms with Gasteiger partial charge >= 0.3 is 0 Å². The van der Waals surface area contributed by atoms with Crippen LogP contribution in [0.15, 0.2) is 47.1 Å². The van der Waals surface area contributed by atoms with E-state index in [1.165, 1.54) is 16.7 Å². The highest BCUT2D eigenvalue weighted by atomic mass is 16.5. The van der Waals surface area contributed by atoms with E-state index >= 15 is 0 Å². The molecule has 104 valence electrons. The highest BCUT2D eigenvalue weighted by molar-refractivity contribution is 5.38. The molecule has 1 unspecified atom stereocenters. The lowest BCUT2D eigenvalue weighted by molar-refractivity contribution is -0.110. The summed E-state index contributed by atoms with van der Waals surface area (Å²) in [6.07, 6.45) is 14.4. The van der Waals surface area contributed by atoms with Crippen LogP contribution >= 0.6 is 0 Å². The Bertz CT molecular complexity index is 468. The molecule has 0 aromatic carbocycles. The van der Waals surface area contributed by atoms with Crippen molar-refractivity contribution in [1.82, 2.24) is 0 Å². The third kappa shape index (κ3) is 3.48. The molecule has 0 fully saturated rings. The lowest BCUT2D eigenvalue weighted by Crippen LogP contribution is -2.42. The Labute approximate surface area is 117 Å². The number of hydrogen-bond acceptors (Lipinski definition) is 1. The summed E-state index contributed by atoms with van der Waals surface area (Å²) in [7, 11) is 0. The quantitative estimate of drug-likeness (QED) is 0.683. The van der Waals surface area contributed by atoms with Crippen molar-refractivity contribution in [1.29, 1.82) is 0 Å². The zero-order chi connectivity index (χ0) is 14.1. The molecule has 1 heteroatoms. The van der Waals surface area contributed by atoms with Crippen LogP contribution in [0.5, 0.6) is 0 Å². The van der Waals surface area contributed by atoms with Crippen LogP contribution in [-0.2, 0) is 4.74 Å². The molecular formula is C18H26O. The molecule has 0 spiro atoms. The second-order valence-corrected chi connectivity index (χ2v) is 6.78. The van der Waals surface area contributed by atoms with E-state index in [1.54, 1.807) is 0 Å². The second-order valence-electron chi connectivity index (χ2n) is 6.78. The summed E-state index contributed by atoms with van der Waals surface area (Å²) in [4.78, 5) is 0. The van der Waals surface area contributed by atoms with Crippen molar-refractivity contribution in [3.63, 3.8) is 0 Å². The standard InChI is InChI=1S/C18H26O/c1-14-10-11-18(15(2)12-14,19-17(3,4)5)13-16-8-6-7-9-16/h6,8-10,12H,7,11,13H2,1-5H3. The molecular weight excluding hydrogens is 232 g/mol. The van der Waals surface area contributed by atoms with Crippen LogP contribution in [0.25, 0.3) is 0 Å². The van der Waals surface area contributed by atoms with Gasteiger partial charge in [0.1, 0.15) is 0 Å². The minimum absolute atomic E-state index is 0.128. The molecule has 0 radical (unpaired) electrons. The van der Waals surface area contributed by atoms with Crippen molar-refractivity contribution in [2.45, 2.75) is 65.1 Å². The topological polar surface area (TPSA) is 9.23 Å². The van der Waals surface area contributed by atoms with Gasteiger partial charge in [0.25, 0.3) is 0 Å². The average Bonchev–Trinajstić information content (AvgIpc) is 2.74. The minimum atomic E-state index is -0.168. The van der Waals surface area contributed by atoms with Crippen molar-refractivity contribution in [3.05, 3.63) is 47.1 Å². The lowest BCUT2D eigenvalue weighted by atomic mass is 9.79. The van der Waals surface area contributed by atoms with Crippen LogP contribution in [0.2, 0.25) is 0 Å². The summed E-state index contributed by atoms with van der Waals surface area (Å²) in [5.41, 5.74) is 3.81. The monoisotopic (exact) mass is 258 g/mol. The van der Waals surface area contributed by atoms with Gasteiger partial charge in [0, 0.05) is 6.42 Å². The normalized spacial score (nSPS) is 27.1. The van der Waals surface area contributed by atoms with Gasteiger partial charge in [0.05, 0.1) is 11.2 Å². The molecule has 0 aromatic heterocycles. The Morgan fingerprint density at radius 1 is 1.21 bits per heavy atom. The molecule has 0 N–H and O–H groups in total. The van der Waals surface area contributed by atoms with E-state index in [-0.39, 0.29) is 11.2 Å². The first kappa shape index (κ1) is 14.3. The van der Waals surface area contributed by atoms with Gasteiger partial charge in [-0.1, -0.05) is 36.0 Å². The molecule has 19 heavy (non-hydrogen) atoms. The molecule has 2 aliphatic carbocycles. The summed E-state index contributed by atoms with van der Waals surface area (Å²) >= 11 is 0. The van der Waals surface area contributed by atoms with Crippen LogP contribution < -0.4 is 0 Å². The fraction of sp³-hybridized carbons (Fsp3) is 0.556. The van der Waals surface area contributed by atoms with Gasteiger partial charge in [-0.2, -0.15) is 0 Å². The van der Waals surface area contributed by atoms with Gasteiger partial charge < -0.3 is 4.74 Å². The third-order valence-electron chi connectivity index (χ3n) is 3.76. The molecule has 0 heterocycles. The number of allylic oxidation sites excluding steroid dienone is 5. The van der Waals surface area contributed by atoms with Crippen LogP contribution in [-0.4, -0.2) is 11.2 Å². The minimum Gasteiger partial charge on any atom is -0.364 e. The van der Waals surface area contributed by atoms with Crippen molar-refractivity contribution in [2.75, 3.05) is 0 Å². The predicted molar refractivity (Wildman–Crippen MR) is 82.2 cm³/mol. The number of rotatable bonds is 3. The van der Waals surface area contributed by atoms with Gasteiger partial charge in [-0.3, -0.25) is 0 Å². The highest BCUT2D eigenvalue weighted by Crippen LogP contribution is 2.40. The summed E-state index contributed by atoms with van der Waals surface area (Å²) in [6, 6.07) is 0. The molecule has 0 amide bonds. The molecule has 0 saturated heterocycles. The van der Waals surface area contributed by atoms with Crippen LogP contribution in [0.1, 0.15) is 53.9 Å². The summed E-state index contributed by atoms with van der Waals surface area (Å²) in [5, 5.41) is 0.